The highest BCUT2D eigenvalue weighted by Crippen LogP contribution is 2.35. The Balaban J connectivity index is 2.11. The van der Waals surface area contributed by atoms with Crippen LogP contribution in [0.2, 0.25) is 10.0 Å². The number of nitrogens with one attached hydrogen (secondary N) is 1. The minimum Gasteiger partial charge on any atom is -0.350 e. The predicted octanol–water partition coefficient (Wildman–Crippen LogP) is 6.22. The number of rotatable bonds is 10. The van der Waals surface area contributed by atoms with Crippen molar-refractivity contribution in [3.05, 3.63) is 94.0 Å². The Hall–Kier alpha value is -3.07. The van der Waals surface area contributed by atoms with Crippen LogP contribution < -0.4 is 9.62 Å². The van der Waals surface area contributed by atoms with Crippen LogP contribution in [0.15, 0.2) is 77.7 Å². The normalized spacial score (nSPS) is 12.5. The number of carbonyl (C=O) groups excluding carboxylic acids is 2. The van der Waals surface area contributed by atoms with Gasteiger partial charge in [0.05, 0.1) is 20.6 Å². The third-order valence-electron chi connectivity index (χ3n) is 6.13. The van der Waals surface area contributed by atoms with E-state index in [1.54, 1.807) is 24.3 Å². The average Bonchev–Trinajstić information content (AvgIpc) is 2.88. The average molecular weight is 605 g/mol. The van der Waals surface area contributed by atoms with Crippen molar-refractivity contribution in [1.82, 2.24) is 10.2 Å². The minimum absolute atomic E-state index is 0.000718. The molecule has 0 saturated carbocycles. The number of amides is 2. The lowest BCUT2D eigenvalue weighted by Crippen LogP contribution is -2.55. The summed E-state index contributed by atoms with van der Waals surface area (Å²) in [7, 11) is -4.24. The van der Waals surface area contributed by atoms with Gasteiger partial charge in [-0.3, -0.25) is 13.9 Å². The first-order valence-electron chi connectivity index (χ1n) is 12.9. The zero-order chi connectivity index (χ0) is 29.7. The van der Waals surface area contributed by atoms with Crippen LogP contribution >= 0.6 is 23.2 Å². The van der Waals surface area contributed by atoms with Crippen molar-refractivity contribution in [2.45, 2.75) is 64.1 Å². The molecule has 3 aromatic rings. The second kappa shape index (κ2) is 13.1. The summed E-state index contributed by atoms with van der Waals surface area (Å²) in [4.78, 5) is 28.9. The van der Waals surface area contributed by atoms with Gasteiger partial charge < -0.3 is 10.2 Å². The second-order valence-corrected chi connectivity index (χ2v) is 13.2. The van der Waals surface area contributed by atoms with Crippen molar-refractivity contribution < 1.29 is 18.0 Å². The molecule has 0 bridgehead atoms. The molecule has 0 saturated heterocycles. The number of anilines is 1. The number of sulfonamides is 1. The lowest BCUT2D eigenvalue weighted by Gasteiger charge is -2.35. The van der Waals surface area contributed by atoms with Gasteiger partial charge in [-0.2, -0.15) is 0 Å². The fraction of sp³-hybridized carbons (Fsp3) is 0.333. The fourth-order valence-corrected chi connectivity index (χ4v) is 6.19. The van der Waals surface area contributed by atoms with Crippen molar-refractivity contribution >= 4 is 50.7 Å². The van der Waals surface area contributed by atoms with Crippen molar-refractivity contribution in [2.75, 3.05) is 10.8 Å². The van der Waals surface area contributed by atoms with Crippen molar-refractivity contribution in [2.24, 2.45) is 0 Å². The summed E-state index contributed by atoms with van der Waals surface area (Å²) in [6.45, 7) is 8.85. The zero-order valence-corrected chi connectivity index (χ0v) is 25.6. The van der Waals surface area contributed by atoms with E-state index in [1.165, 1.54) is 29.2 Å². The molecular formula is C30H35Cl2N3O4S. The second-order valence-electron chi connectivity index (χ2n) is 10.6. The molecule has 1 atom stereocenters. The van der Waals surface area contributed by atoms with Crippen LogP contribution in [-0.2, 0) is 26.2 Å². The summed E-state index contributed by atoms with van der Waals surface area (Å²) >= 11 is 12.7. The van der Waals surface area contributed by atoms with E-state index in [1.807, 2.05) is 58.9 Å². The van der Waals surface area contributed by atoms with E-state index in [0.29, 0.717) is 6.42 Å². The van der Waals surface area contributed by atoms with Gasteiger partial charge in [-0.25, -0.2) is 8.42 Å². The van der Waals surface area contributed by atoms with E-state index in [2.05, 4.69) is 5.32 Å². The molecule has 0 aliphatic rings. The van der Waals surface area contributed by atoms with Gasteiger partial charge in [0, 0.05) is 12.1 Å². The molecule has 0 fully saturated rings. The highest BCUT2D eigenvalue weighted by molar-refractivity contribution is 7.92. The van der Waals surface area contributed by atoms with Crippen LogP contribution in [0.25, 0.3) is 0 Å². The van der Waals surface area contributed by atoms with E-state index in [9.17, 15) is 18.0 Å². The Bertz CT molecular complexity index is 1460. The van der Waals surface area contributed by atoms with Gasteiger partial charge >= 0.3 is 0 Å². The smallest absolute Gasteiger partial charge is 0.264 e. The highest BCUT2D eigenvalue weighted by atomic mass is 35.5. The molecule has 10 heteroatoms. The Morgan fingerprint density at radius 2 is 1.60 bits per heavy atom. The quantitative estimate of drug-likeness (QED) is 0.298. The number of halogens is 2. The third-order valence-corrected chi connectivity index (χ3v) is 8.71. The third kappa shape index (κ3) is 7.77. The zero-order valence-electron chi connectivity index (χ0n) is 23.3. The van der Waals surface area contributed by atoms with Gasteiger partial charge in [0.25, 0.3) is 10.0 Å². The maximum Gasteiger partial charge on any atom is 0.264 e. The Labute approximate surface area is 247 Å². The molecule has 0 heterocycles. The standard InChI is InChI=1S/C30H35Cl2N3O4S/c1-6-25(29(37)33-30(3,4)5)34(19-22-13-10-12-21(2)18-22)27(36)20-35(26-17-11-16-24(31)28(26)32)40(38,39)23-14-8-7-9-15-23/h7-18,25H,6,19-20H2,1-5H3,(H,33,37). The minimum atomic E-state index is -4.24. The molecule has 7 nitrogen and oxygen atoms in total. The molecule has 0 radical (unpaired) electrons. The first-order chi connectivity index (χ1) is 18.7. The molecule has 1 unspecified atom stereocenters. The fourth-order valence-electron chi connectivity index (χ4n) is 4.30. The van der Waals surface area contributed by atoms with Crippen LogP contribution in [-0.4, -0.2) is 43.3 Å². The van der Waals surface area contributed by atoms with E-state index < -0.39 is 34.1 Å². The van der Waals surface area contributed by atoms with Crippen LogP contribution in [0.5, 0.6) is 0 Å². The van der Waals surface area contributed by atoms with Gasteiger partial charge in [0.1, 0.15) is 12.6 Å². The molecular weight excluding hydrogens is 569 g/mol. The van der Waals surface area contributed by atoms with E-state index >= 15 is 0 Å². The molecule has 0 aliphatic heterocycles. The maximum absolute atomic E-state index is 14.1. The van der Waals surface area contributed by atoms with Crippen molar-refractivity contribution in [1.29, 1.82) is 0 Å². The van der Waals surface area contributed by atoms with Gasteiger partial charge in [0.2, 0.25) is 11.8 Å². The Morgan fingerprint density at radius 3 is 2.20 bits per heavy atom. The monoisotopic (exact) mass is 603 g/mol. The van der Waals surface area contributed by atoms with E-state index in [-0.39, 0.29) is 33.1 Å². The van der Waals surface area contributed by atoms with Gasteiger partial charge in [-0.15, -0.1) is 0 Å². The molecule has 3 aromatic carbocycles. The molecule has 0 spiro atoms. The largest absolute Gasteiger partial charge is 0.350 e. The van der Waals surface area contributed by atoms with Crippen molar-refractivity contribution in [3.8, 4) is 0 Å². The predicted molar refractivity (Wildman–Crippen MR) is 161 cm³/mol. The molecule has 214 valence electrons. The van der Waals surface area contributed by atoms with Crippen LogP contribution in [0.4, 0.5) is 5.69 Å². The van der Waals surface area contributed by atoms with E-state index in [0.717, 1.165) is 15.4 Å². The summed E-state index contributed by atoms with van der Waals surface area (Å²) < 4.78 is 28.7. The summed E-state index contributed by atoms with van der Waals surface area (Å²) in [5.74, 6) is -0.887. The molecule has 40 heavy (non-hydrogen) atoms. The summed E-state index contributed by atoms with van der Waals surface area (Å²) in [6.07, 6.45) is 0.322. The van der Waals surface area contributed by atoms with Gasteiger partial charge in [-0.05, 0) is 63.9 Å². The first kappa shape index (κ1) is 31.5. The number of aryl methyl sites for hydroxylation is 1. The lowest BCUT2D eigenvalue weighted by molar-refractivity contribution is -0.141. The molecule has 0 aromatic heterocycles. The van der Waals surface area contributed by atoms with Gasteiger partial charge in [0.15, 0.2) is 0 Å². The molecule has 1 N–H and O–H groups in total. The van der Waals surface area contributed by atoms with Crippen LogP contribution in [0.1, 0.15) is 45.2 Å². The topological polar surface area (TPSA) is 86.8 Å². The van der Waals surface area contributed by atoms with Crippen molar-refractivity contribution in [3.63, 3.8) is 0 Å². The van der Waals surface area contributed by atoms with Crippen LogP contribution in [0, 0.1) is 6.92 Å². The first-order valence-corrected chi connectivity index (χ1v) is 15.1. The highest BCUT2D eigenvalue weighted by Gasteiger charge is 2.35. The number of benzene rings is 3. The summed E-state index contributed by atoms with van der Waals surface area (Å²) in [5.41, 5.74) is 1.35. The van der Waals surface area contributed by atoms with Gasteiger partial charge in [-0.1, -0.05) is 84.2 Å². The molecule has 2 amide bonds. The number of carbonyl (C=O) groups is 2. The number of hydrogen-bond donors (Lipinski definition) is 1. The SMILES string of the molecule is CCC(C(=O)NC(C)(C)C)N(Cc1cccc(C)c1)C(=O)CN(c1cccc(Cl)c1Cl)S(=O)(=O)c1ccccc1. The number of nitrogens with zero attached hydrogens (tertiary/aromatic N) is 2. The maximum atomic E-state index is 14.1. The molecule has 0 aliphatic carbocycles. The van der Waals surface area contributed by atoms with Crippen LogP contribution in [0.3, 0.4) is 0 Å². The lowest BCUT2D eigenvalue weighted by atomic mass is 10.0. The summed E-state index contributed by atoms with van der Waals surface area (Å²) in [5, 5.41) is 3.10. The summed E-state index contributed by atoms with van der Waals surface area (Å²) in [6, 6.07) is 19.2. The molecule has 3 rings (SSSR count). The van der Waals surface area contributed by atoms with E-state index in [4.69, 9.17) is 23.2 Å². The Kier molecular flexibility index (Phi) is 10.3. The Morgan fingerprint density at radius 1 is 0.950 bits per heavy atom. The number of hydrogen-bond acceptors (Lipinski definition) is 4.